The van der Waals surface area contributed by atoms with Crippen molar-refractivity contribution < 1.29 is 19.4 Å². The number of hydrogen-bond donors (Lipinski definition) is 2. The number of amides is 1. The van der Waals surface area contributed by atoms with Crippen molar-refractivity contribution in [1.29, 1.82) is 5.26 Å². The zero-order valence-corrected chi connectivity index (χ0v) is 19.8. The van der Waals surface area contributed by atoms with Crippen LogP contribution in [0.15, 0.2) is 46.3 Å². The number of fused-ring (bicyclic) bond motifs is 4. The molecule has 1 aromatic carbocycles. The van der Waals surface area contributed by atoms with Gasteiger partial charge >= 0.3 is 0 Å². The minimum Gasteiger partial charge on any atom is -0.496 e. The van der Waals surface area contributed by atoms with E-state index in [1.807, 2.05) is 28.8 Å². The second-order valence-electron chi connectivity index (χ2n) is 8.61. The molecule has 0 aliphatic carbocycles. The van der Waals surface area contributed by atoms with E-state index in [0.717, 1.165) is 62.1 Å². The van der Waals surface area contributed by atoms with Gasteiger partial charge in [0.1, 0.15) is 12.2 Å². The van der Waals surface area contributed by atoms with Crippen LogP contribution in [-0.4, -0.2) is 52.9 Å². The van der Waals surface area contributed by atoms with Crippen LogP contribution in [0.5, 0.6) is 5.75 Å². The molecule has 10 heteroatoms. The van der Waals surface area contributed by atoms with Crippen LogP contribution in [0.25, 0.3) is 0 Å². The number of nitrogens with zero attached hydrogens (tertiary/aromatic N) is 4. The Balaban J connectivity index is 0.000000795. The molecule has 1 unspecified atom stereocenters. The van der Waals surface area contributed by atoms with Gasteiger partial charge in [-0.05, 0) is 42.2 Å². The smallest absolute Gasteiger partial charge is 0.300 e. The number of piperidine rings is 1. The summed E-state index contributed by atoms with van der Waals surface area (Å²) in [6.45, 7) is 4.42. The number of carboxylic acid groups (broad SMARTS) is 1. The summed E-state index contributed by atoms with van der Waals surface area (Å²) in [5.74, 6) is 0.342. The fourth-order valence-corrected chi connectivity index (χ4v) is 4.66. The van der Waals surface area contributed by atoms with Crippen LogP contribution in [-0.2, 0) is 22.7 Å². The van der Waals surface area contributed by atoms with Gasteiger partial charge in [0, 0.05) is 56.3 Å². The lowest BCUT2D eigenvalue weighted by molar-refractivity contribution is -0.134. The van der Waals surface area contributed by atoms with Gasteiger partial charge in [-0.1, -0.05) is 6.07 Å². The molecule has 1 aromatic heterocycles. The van der Waals surface area contributed by atoms with Gasteiger partial charge in [-0.2, -0.15) is 10.4 Å². The number of benzene rings is 1. The molecule has 2 aliphatic heterocycles. The van der Waals surface area contributed by atoms with E-state index >= 15 is 0 Å². The number of carboxylic acids is 1. The molecule has 1 saturated heterocycles. The highest BCUT2D eigenvalue weighted by atomic mass is 16.5. The van der Waals surface area contributed by atoms with E-state index in [1.54, 1.807) is 25.5 Å². The van der Waals surface area contributed by atoms with Crippen LogP contribution in [0.2, 0.25) is 0 Å². The summed E-state index contributed by atoms with van der Waals surface area (Å²) in [6.07, 6.45) is 2.45. The van der Waals surface area contributed by atoms with E-state index in [4.69, 9.17) is 19.9 Å². The summed E-state index contributed by atoms with van der Waals surface area (Å²) >= 11 is 0. The Morgan fingerprint density at radius 1 is 1.29 bits per heavy atom. The van der Waals surface area contributed by atoms with Crippen LogP contribution in [0.3, 0.4) is 0 Å². The molecule has 2 aromatic rings. The van der Waals surface area contributed by atoms with Crippen molar-refractivity contribution in [1.82, 2.24) is 14.9 Å². The molecule has 4 rings (SSSR count). The summed E-state index contributed by atoms with van der Waals surface area (Å²) in [5, 5.41) is 19.9. The second kappa shape index (κ2) is 11.9. The lowest BCUT2D eigenvalue weighted by atomic mass is 9.83. The molecule has 1 fully saturated rings. The number of carbonyl (C=O) groups is 2. The van der Waals surface area contributed by atoms with Crippen molar-refractivity contribution in [2.75, 3.05) is 20.2 Å². The summed E-state index contributed by atoms with van der Waals surface area (Å²) in [4.78, 5) is 35.0. The highest BCUT2D eigenvalue weighted by Gasteiger charge is 2.34. The molecule has 0 radical (unpaired) electrons. The topological polar surface area (TPSA) is 137 Å². The number of carbonyl (C=O) groups excluding carboxylic acids is 1. The molecule has 10 nitrogen and oxygen atoms in total. The Labute approximate surface area is 203 Å². The quantitative estimate of drug-likeness (QED) is 0.477. The third kappa shape index (κ3) is 7.01. The molecule has 184 valence electrons. The van der Waals surface area contributed by atoms with Crippen molar-refractivity contribution >= 4 is 18.1 Å². The van der Waals surface area contributed by atoms with Gasteiger partial charge in [-0.25, -0.2) is 5.43 Å². The molecule has 1 amide bonds. The molecule has 2 atom stereocenters. The largest absolute Gasteiger partial charge is 0.496 e. The molecule has 35 heavy (non-hydrogen) atoms. The minimum atomic E-state index is -0.833. The van der Waals surface area contributed by atoms with Crippen molar-refractivity contribution in [2.24, 2.45) is 11.0 Å². The molecule has 2 aliphatic rings. The van der Waals surface area contributed by atoms with E-state index in [1.165, 1.54) is 0 Å². The number of aromatic nitrogens is 1. The lowest BCUT2D eigenvalue weighted by Crippen LogP contribution is -2.46. The van der Waals surface area contributed by atoms with Gasteiger partial charge in [-0.3, -0.25) is 19.3 Å². The van der Waals surface area contributed by atoms with Crippen molar-refractivity contribution in [2.45, 2.75) is 38.8 Å². The Bertz CT molecular complexity index is 1200. The third-order valence-corrected chi connectivity index (χ3v) is 5.90. The van der Waals surface area contributed by atoms with E-state index in [9.17, 15) is 9.59 Å². The number of aliphatic carboxylic acids is 1. The van der Waals surface area contributed by atoms with Gasteiger partial charge in [-0.15, -0.1) is 0 Å². The number of hydrogen-bond acceptors (Lipinski definition) is 7. The number of pyridine rings is 1. The van der Waals surface area contributed by atoms with Crippen LogP contribution >= 0.6 is 0 Å². The highest BCUT2D eigenvalue weighted by Crippen LogP contribution is 2.36. The summed E-state index contributed by atoms with van der Waals surface area (Å²) in [5.41, 5.74) is 5.45. The predicted octanol–water partition coefficient (Wildman–Crippen LogP) is 1.93. The van der Waals surface area contributed by atoms with Gasteiger partial charge in [0.2, 0.25) is 0 Å². The molecule has 0 spiro atoms. The van der Waals surface area contributed by atoms with Crippen molar-refractivity contribution in [3.63, 3.8) is 0 Å². The molecule has 2 bridgehead atoms. The Morgan fingerprint density at radius 2 is 2.06 bits per heavy atom. The Morgan fingerprint density at radius 3 is 2.77 bits per heavy atom. The summed E-state index contributed by atoms with van der Waals surface area (Å²) in [7, 11) is 1.66. The van der Waals surface area contributed by atoms with Gasteiger partial charge in [0.25, 0.3) is 17.4 Å². The van der Waals surface area contributed by atoms with Gasteiger partial charge in [0.05, 0.1) is 19.4 Å². The third-order valence-electron chi connectivity index (χ3n) is 5.90. The summed E-state index contributed by atoms with van der Waals surface area (Å²) in [6, 6.07) is 13.1. The average Bonchev–Trinajstić information content (AvgIpc) is 2.80. The number of ether oxygens (including phenoxy) is 1. The fourth-order valence-electron chi connectivity index (χ4n) is 4.66. The molecule has 2 N–H and O–H groups in total. The van der Waals surface area contributed by atoms with E-state index in [-0.39, 0.29) is 12.0 Å². The number of methoxy groups -OCH3 is 1. The number of nitriles is 1. The SMILES string of the molecule is CC(=O)O.COc1ccc(/C=N/NC(=O)CC#N)cc1CN1CC2C[C@H](C1)Cn1c2cccc1=O. The first-order chi connectivity index (χ1) is 16.8. The van der Waals surface area contributed by atoms with Gasteiger partial charge < -0.3 is 14.4 Å². The van der Waals surface area contributed by atoms with E-state index in [0.29, 0.717) is 11.8 Å². The highest BCUT2D eigenvalue weighted by molar-refractivity contribution is 5.83. The van der Waals surface area contributed by atoms with Crippen molar-refractivity contribution in [3.8, 4) is 11.8 Å². The number of likely N-dealkylation sites (tertiary alicyclic amines) is 1. The molecule has 0 saturated carbocycles. The zero-order chi connectivity index (χ0) is 25.4. The number of rotatable bonds is 6. The van der Waals surface area contributed by atoms with Crippen LogP contribution in [0.1, 0.15) is 42.5 Å². The molecular formula is C25H29N5O5. The van der Waals surface area contributed by atoms with Crippen molar-refractivity contribution in [3.05, 3.63) is 63.6 Å². The van der Waals surface area contributed by atoms with Crippen LogP contribution < -0.4 is 15.7 Å². The first-order valence-electron chi connectivity index (χ1n) is 11.3. The predicted molar refractivity (Wildman–Crippen MR) is 129 cm³/mol. The number of nitrogens with one attached hydrogen (secondary N) is 1. The standard InChI is InChI=1S/C23H25N5O3.C2H4O2/c1-31-21-6-5-16(11-25-26-22(29)7-8-24)9-19(21)15-27-12-17-10-18(14-27)20-3-2-4-23(30)28(20)13-17;1-2(3)4/h2-6,9,11,17-18H,7,10,12-15H2,1H3,(H,26,29);1H3,(H,3,4)/b25-11+;/t17-,18?;/m1./s1. The van der Waals surface area contributed by atoms with E-state index in [2.05, 4.69) is 21.5 Å². The maximum absolute atomic E-state index is 12.2. The number of hydrazone groups is 1. The molecular weight excluding hydrogens is 450 g/mol. The maximum atomic E-state index is 12.2. The van der Waals surface area contributed by atoms with E-state index < -0.39 is 11.9 Å². The first kappa shape index (κ1) is 25.6. The monoisotopic (exact) mass is 479 g/mol. The fraction of sp³-hybridized carbons (Fsp3) is 0.400. The maximum Gasteiger partial charge on any atom is 0.300 e. The molecule has 3 heterocycles. The summed E-state index contributed by atoms with van der Waals surface area (Å²) < 4.78 is 7.50. The van der Waals surface area contributed by atoms with Crippen LogP contribution in [0.4, 0.5) is 0 Å². The minimum absolute atomic E-state index is 0.0937. The average molecular weight is 480 g/mol. The second-order valence-corrected chi connectivity index (χ2v) is 8.61. The van der Waals surface area contributed by atoms with Crippen LogP contribution in [0, 0.1) is 17.2 Å². The zero-order valence-electron chi connectivity index (χ0n) is 19.8. The van der Waals surface area contributed by atoms with Gasteiger partial charge in [0.15, 0.2) is 0 Å². The Kier molecular flexibility index (Phi) is 8.75. The first-order valence-corrected chi connectivity index (χ1v) is 11.3. The lowest BCUT2D eigenvalue weighted by Gasteiger charge is -2.42. The Hall–Kier alpha value is -3.97. The normalized spacial score (nSPS) is 18.5.